The van der Waals surface area contributed by atoms with Crippen molar-refractivity contribution in [1.82, 2.24) is 20.2 Å². The van der Waals surface area contributed by atoms with E-state index in [1.54, 1.807) is 29.7 Å². The Hall–Kier alpha value is -2.68. The van der Waals surface area contributed by atoms with Crippen LogP contribution >= 0.6 is 11.3 Å². The van der Waals surface area contributed by atoms with Crippen molar-refractivity contribution in [3.05, 3.63) is 41.7 Å². The van der Waals surface area contributed by atoms with Crippen LogP contribution in [-0.2, 0) is 0 Å². The first-order valence-corrected chi connectivity index (χ1v) is 8.99. The van der Waals surface area contributed by atoms with Gasteiger partial charge in [-0.05, 0) is 12.1 Å². The van der Waals surface area contributed by atoms with E-state index in [1.807, 2.05) is 11.6 Å². The minimum Gasteiger partial charge on any atom is -0.370 e. The Labute approximate surface area is 150 Å². The largest absolute Gasteiger partial charge is 0.370 e. The van der Waals surface area contributed by atoms with E-state index >= 15 is 0 Å². The molecule has 0 aliphatic carbocycles. The summed E-state index contributed by atoms with van der Waals surface area (Å²) < 4.78 is 0. The van der Waals surface area contributed by atoms with E-state index in [1.165, 1.54) is 6.20 Å². The van der Waals surface area contributed by atoms with E-state index in [9.17, 15) is 4.79 Å². The van der Waals surface area contributed by atoms with Crippen LogP contribution in [0, 0.1) is 0 Å². The van der Waals surface area contributed by atoms with Crippen molar-refractivity contribution in [3.63, 3.8) is 0 Å². The molecule has 1 saturated heterocycles. The Balaban J connectivity index is 1.40. The van der Waals surface area contributed by atoms with Crippen LogP contribution in [-0.4, -0.2) is 66.0 Å². The molecule has 25 heavy (non-hydrogen) atoms. The molecule has 2 aromatic heterocycles. The number of nitrogens with one attached hydrogen (secondary N) is 1. The van der Waals surface area contributed by atoms with Gasteiger partial charge in [0.2, 0.25) is 0 Å². The molecule has 0 saturated carbocycles. The highest BCUT2D eigenvalue weighted by atomic mass is 32.1. The molecular weight excluding hydrogens is 338 g/mol. The Morgan fingerprint density at radius 3 is 2.84 bits per heavy atom. The molecule has 3 rings (SSSR count). The van der Waals surface area contributed by atoms with Crippen LogP contribution in [0.25, 0.3) is 0 Å². The van der Waals surface area contributed by atoms with Gasteiger partial charge in [-0.15, -0.1) is 11.3 Å². The first-order chi connectivity index (χ1) is 12.2. The highest BCUT2D eigenvalue weighted by molar-refractivity contribution is 7.13. The van der Waals surface area contributed by atoms with E-state index in [4.69, 9.17) is 5.73 Å². The Kier molecular flexibility index (Phi) is 5.78. The van der Waals surface area contributed by atoms with Gasteiger partial charge in [-0.3, -0.25) is 14.8 Å². The second-order valence-electron chi connectivity index (χ2n) is 5.53. The van der Waals surface area contributed by atoms with Crippen molar-refractivity contribution in [2.45, 2.75) is 0 Å². The number of carbonyl (C=O) groups is 1. The molecular formula is C16H21N7OS. The summed E-state index contributed by atoms with van der Waals surface area (Å²) in [5.41, 5.74) is 6.60. The summed E-state index contributed by atoms with van der Waals surface area (Å²) in [6.07, 6.45) is 4.99. The molecule has 0 atom stereocenters. The number of anilines is 1. The second kappa shape index (κ2) is 8.43. The number of thiazole rings is 1. The number of aromatic nitrogens is 2. The zero-order chi connectivity index (χ0) is 17.5. The van der Waals surface area contributed by atoms with Crippen molar-refractivity contribution in [2.24, 2.45) is 10.7 Å². The molecule has 0 radical (unpaired) electrons. The third kappa shape index (κ3) is 4.66. The van der Waals surface area contributed by atoms with Gasteiger partial charge in [0.1, 0.15) is 0 Å². The van der Waals surface area contributed by atoms with E-state index < -0.39 is 0 Å². The van der Waals surface area contributed by atoms with Gasteiger partial charge in [-0.25, -0.2) is 4.98 Å². The van der Waals surface area contributed by atoms with Gasteiger partial charge < -0.3 is 20.9 Å². The number of amides is 1. The van der Waals surface area contributed by atoms with Crippen LogP contribution in [0.1, 0.15) is 10.4 Å². The maximum Gasteiger partial charge on any atom is 0.252 e. The standard InChI is InChI=1S/C16H21N7OS/c17-15(20-5-4-19-14(24)13-2-1-3-18-12-13)22-7-9-23(10-8-22)16-21-6-11-25-16/h1-3,6,11-12H,4-5,7-10H2,(H2,17,20)(H,19,24). The van der Waals surface area contributed by atoms with Gasteiger partial charge >= 0.3 is 0 Å². The number of rotatable bonds is 5. The van der Waals surface area contributed by atoms with Gasteiger partial charge in [0.15, 0.2) is 11.1 Å². The van der Waals surface area contributed by atoms with E-state index in [-0.39, 0.29) is 5.91 Å². The zero-order valence-electron chi connectivity index (χ0n) is 13.8. The van der Waals surface area contributed by atoms with Gasteiger partial charge in [-0.2, -0.15) is 0 Å². The molecule has 3 heterocycles. The third-order valence-electron chi connectivity index (χ3n) is 3.89. The maximum absolute atomic E-state index is 11.9. The van der Waals surface area contributed by atoms with Crippen LogP contribution < -0.4 is 16.0 Å². The molecule has 9 heteroatoms. The number of carbonyl (C=O) groups excluding carboxylic acids is 1. The lowest BCUT2D eigenvalue weighted by Crippen LogP contribution is -2.51. The number of nitrogens with two attached hydrogens (primary N) is 1. The number of guanidine groups is 1. The summed E-state index contributed by atoms with van der Waals surface area (Å²) in [4.78, 5) is 28.8. The van der Waals surface area contributed by atoms with Crippen LogP contribution in [0.4, 0.5) is 5.13 Å². The molecule has 8 nitrogen and oxygen atoms in total. The number of hydrogen-bond donors (Lipinski definition) is 2. The fraction of sp³-hybridized carbons (Fsp3) is 0.375. The van der Waals surface area contributed by atoms with Crippen molar-refractivity contribution in [2.75, 3.05) is 44.2 Å². The Morgan fingerprint density at radius 2 is 2.16 bits per heavy atom. The van der Waals surface area contributed by atoms with Crippen molar-refractivity contribution >= 4 is 28.3 Å². The van der Waals surface area contributed by atoms with E-state index in [0.29, 0.717) is 24.6 Å². The highest BCUT2D eigenvalue weighted by Gasteiger charge is 2.19. The summed E-state index contributed by atoms with van der Waals surface area (Å²) in [6.45, 7) is 4.27. The van der Waals surface area contributed by atoms with Crippen molar-refractivity contribution in [1.29, 1.82) is 0 Å². The predicted molar refractivity (Wildman–Crippen MR) is 99.0 cm³/mol. The van der Waals surface area contributed by atoms with Crippen molar-refractivity contribution in [3.8, 4) is 0 Å². The van der Waals surface area contributed by atoms with Crippen LogP contribution in [0.3, 0.4) is 0 Å². The lowest BCUT2D eigenvalue weighted by molar-refractivity contribution is 0.0954. The lowest BCUT2D eigenvalue weighted by atomic mass is 10.3. The monoisotopic (exact) mass is 359 g/mol. The molecule has 3 N–H and O–H groups in total. The molecule has 0 aromatic carbocycles. The smallest absolute Gasteiger partial charge is 0.252 e. The number of nitrogens with zero attached hydrogens (tertiary/aromatic N) is 5. The maximum atomic E-state index is 11.9. The molecule has 1 amide bonds. The number of aliphatic imine (C=N–C) groups is 1. The summed E-state index contributed by atoms with van der Waals surface area (Å²) in [6, 6.07) is 3.46. The summed E-state index contributed by atoms with van der Waals surface area (Å²) >= 11 is 1.65. The van der Waals surface area contributed by atoms with Gasteiger partial charge in [0.05, 0.1) is 12.1 Å². The average molecular weight is 359 g/mol. The minimum atomic E-state index is -0.154. The molecule has 1 aliphatic heterocycles. The van der Waals surface area contributed by atoms with Crippen molar-refractivity contribution < 1.29 is 4.79 Å². The number of piperazine rings is 1. The van der Waals surface area contributed by atoms with Crippen LogP contribution in [0.5, 0.6) is 0 Å². The molecule has 1 aliphatic rings. The molecule has 0 bridgehead atoms. The normalized spacial score (nSPS) is 15.3. The first-order valence-electron chi connectivity index (χ1n) is 8.11. The topological polar surface area (TPSA) is 99.7 Å². The van der Waals surface area contributed by atoms with Gasteiger partial charge in [-0.1, -0.05) is 0 Å². The van der Waals surface area contributed by atoms with Crippen LogP contribution in [0.2, 0.25) is 0 Å². The van der Waals surface area contributed by atoms with Gasteiger partial charge in [0.25, 0.3) is 5.91 Å². The Bertz CT molecular complexity index is 697. The molecule has 2 aromatic rings. The fourth-order valence-corrected chi connectivity index (χ4v) is 3.23. The number of pyridine rings is 1. The third-order valence-corrected chi connectivity index (χ3v) is 4.72. The average Bonchev–Trinajstić information content (AvgIpc) is 3.20. The van der Waals surface area contributed by atoms with E-state index in [0.717, 1.165) is 31.3 Å². The second-order valence-corrected chi connectivity index (χ2v) is 6.40. The fourth-order valence-electron chi connectivity index (χ4n) is 2.54. The van der Waals surface area contributed by atoms with Gasteiger partial charge in [0, 0.05) is 56.7 Å². The summed E-state index contributed by atoms with van der Waals surface area (Å²) in [5.74, 6) is 0.369. The minimum absolute atomic E-state index is 0.154. The summed E-state index contributed by atoms with van der Waals surface area (Å²) in [5, 5.41) is 5.84. The molecule has 0 unspecified atom stereocenters. The first kappa shape index (κ1) is 17.2. The Morgan fingerprint density at radius 1 is 1.32 bits per heavy atom. The molecule has 1 fully saturated rings. The molecule has 0 spiro atoms. The number of hydrogen-bond acceptors (Lipinski definition) is 6. The molecule has 132 valence electrons. The zero-order valence-corrected chi connectivity index (χ0v) is 14.7. The highest BCUT2D eigenvalue weighted by Crippen LogP contribution is 2.18. The van der Waals surface area contributed by atoms with E-state index in [2.05, 4.69) is 30.1 Å². The quantitative estimate of drug-likeness (QED) is 0.456. The summed E-state index contributed by atoms with van der Waals surface area (Å²) in [7, 11) is 0. The van der Waals surface area contributed by atoms with Crippen LogP contribution in [0.15, 0.2) is 41.1 Å². The predicted octanol–water partition coefficient (Wildman–Crippen LogP) is 0.405. The SMILES string of the molecule is NC(=NCCNC(=O)c1cccnc1)N1CCN(c2nccs2)CC1. The lowest BCUT2D eigenvalue weighted by Gasteiger charge is -2.35.